The highest BCUT2D eigenvalue weighted by Gasteiger charge is 2.49. The number of carbonyl (C=O) groups is 1. The van der Waals surface area contributed by atoms with E-state index in [1.807, 2.05) is 29.2 Å². The van der Waals surface area contributed by atoms with Crippen LogP contribution < -0.4 is 10.1 Å². The van der Waals surface area contributed by atoms with Crippen LogP contribution in [0.3, 0.4) is 0 Å². The molecule has 0 bridgehead atoms. The minimum absolute atomic E-state index is 0.0264. The lowest BCUT2D eigenvalue weighted by Gasteiger charge is -2.53. The number of hydrogen-bond acceptors (Lipinski definition) is 3. The Morgan fingerprint density at radius 3 is 2.47 bits per heavy atom. The molecular weight excluding hydrogens is 376 g/mol. The van der Waals surface area contributed by atoms with E-state index >= 15 is 0 Å². The van der Waals surface area contributed by atoms with Crippen LogP contribution in [0.1, 0.15) is 50.5 Å². The van der Waals surface area contributed by atoms with Gasteiger partial charge in [0.15, 0.2) is 0 Å². The van der Waals surface area contributed by atoms with Gasteiger partial charge in [0.25, 0.3) is 0 Å². The minimum Gasteiger partial charge on any atom is -0.496 e. The van der Waals surface area contributed by atoms with E-state index in [-0.39, 0.29) is 36.7 Å². The number of benzene rings is 2. The number of aliphatic hydroxyl groups excluding tert-OH is 1. The van der Waals surface area contributed by atoms with Gasteiger partial charge in [-0.25, -0.2) is 4.79 Å². The van der Waals surface area contributed by atoms with E-state index < -0.39 is 0 Å². The Bertz CT molecular complexity index is 861. The maximum absolute atomic E-state index is 12.8. The van der Waals surface area contributed by atoms with Crippen LogP contribution in [-0.2, 0) is 0 Å². The molecule has 5 heteroatoms. The molecule has 160 valence electrons. The summed E-state index contributed by atoms with van der Waals surface area (Å²) in [6, 6.07) is 16.5. The Labute approximate surface area is 179 Å². The first-order valence-corrected chi connectivity index (χ1v) is 11.1. The van der Waals surface area contributed by atoms with Gasteiger partial charge in [0.05, 0.1) is 19.8 Å². The fraction of sp³-hybridized carbons (Fsp3) is 0.480. The quantitative estimate of drug-likeness (QED) is 0.763. The highest BCUT2D eigenvalue weighted by molar-refractivity contribution is 5.77. The van der Waals surface area contributed by atoms with Crippen molar-refractivity contribution in [2.24, 2.45) is 0 Å². The van der Waals surface area contributed by atoms with Crippen molar-refractivity contribution in [3.8, 4) is 16.9 Å². The van der Waals surface area contributed by atoms with Gasteiger partial charge in [-0.1, -0.05) is 61.7 Å². The number of methoxy groups -OCH3 is 1. The fourth-order valence-corrected chi connectivity index (χ4v) is 5.17. The topological polar surface area (TPSA) is 61.8 Å². The second-order valence-electron chi connectivity index (χ2n) is 8.53. The van der Waals surface area contributed by atoms with Crippen LogP contribution in [0.5, 0.6) is 5.75 Å². The molecule has 4 rings (SSSR count). The Balaban J connectivity index is 1.47. The lowest BCUT2D eigenvalue weighted by atomic mass is 9.76. The molecule has 0 aromatic heterocycles. The zero-order valence-electron chi connectivity index (χ0n) is 17.9. The molecule has 30 heavy (non-hydrogen) atoms. The summed E-state index contributed by atoms with van der Waals surface area (Å²) in [6.45, 7) is 2.05. The number of aliphatic hydroxyl groups is 1. The van der Waals surface area contributed by atoms with E-state index in [0.29, 0.717) is 0 Å². The van der Waals surface area contributed by atoms with Crippen LogP contribution in [0.25, 0.3) is 11.1 Å². The maximum Gasteiger partial charge on any atom is 0.318 e. The van der Waals surface area contributed by atoms with E-state index in [9.17, 15) is 9.90 Å². The van der Waals surface area contributed by atoms with Gasteiger partial charge >= 0.3 is 6.03 Å². The molecule has 0 radical (unpaired) electrons. The van der Waals surface area contributed by atoms with Crippen LogP contribution >= 0.6 is 0 Å². The molecule has 2 aromatic rings. The van der Waals surface area contributed by atoms with E-state index in [1.54, 1.807) is 7.11 Å². The SMILES string of the molecule is COc1ccccc1-c1ccc([C@@H]2[C@@H](C)N(C(=O)NC3CCCCC3)[C@@H]2CO)cc1. The van der Waals surface area contributed by atoms with Crippen molar-refractivity contribution in [3.05, 3.63) is 54.1 Å². The first-order valence-electron chi connectivity index (χ1n) is 11.1. The summed E-state index contributed by atoms with van der Waals surface area (Å²) >= 11 is 0. The Kier molecular flexibility index (Phi) is 6.28. The number of amides is 2. The number of carbonyl (C=O) groups excluding carboxylic acids is 1. The van der Waals surface area contributed by atoms with E-state index in [2.05, 4.69) is 36.5 Å². The maximum atomic E-state index is 12.8. The highest BCUT2D eigenvalue weighted by atomic mass is 16.5. The third-order valence-electron chi connectivity index (χ3n) is 6.80. The predicted octanol–water partition coefficient (Wildman–Crippen LogP) is 4.55. The number of para-hydroxylation sites is 1. The molecule has 1 heterocycles. The normalized spacial score (nSPS) is 24.2. The molecule has 0 unspecified atom stereocenters. The van der Waals surface area contributed by atoms with Crippen LogP contribution in [0.15, 0.2) is 48.5 Å². The van der Waals surface area contributed by atoms with E-state index in [1.165, 1.54) is 19.3 Å². The number of hydrogen-bond donors (Lipinski definition) is 2. The number of urea groups is 1. The smallest absolute Gasteiger partial charge is 0.318 e. The van der Waals surface area contributed by atoms with Gasteiger partial charge in [-0.15, -0.1) is 0 Å². The first-order chi connectivity index (χ1) is 14.6. The summed E-state index contributed by atoms with van der Waals surface area (Å²) in [7, 11) is 1.68. The number of nitrogens with one attached hydrogen (secondary N) is 1. The van der Waals surface area contributed by atoms with E-state index in [4.69, 9.17) is 4.74 Å². The van der Waals surface area contributed by atoms with Crippen LogP contribution in [0, 0.1) is 0 Å². The number of likely N-dealkylation sites (tertiary alicyclic amines) is 1. The van der Waals surface area contributed by atoms with Crippen molar-refractivity contribution in [3.63, 3.8) is 0 Å². The minimum atomic E-state index is -0.180. The molecule has 0 spiro atoms. The Morgan fingerprint density at radius 2 is 1.80 bits per heavy atom. The molecule has 1 aliphatic heterocycles. The summed E-state index contributed by atoms with van der Waals surface area (Å²) in [5.74, 6) is 0.986. The molecule has 2 aliphatic rings. The molecule has 1 saturated carbocycles. The van der Waals surface area contributed by atoms with Gasteiger partial charge in [0.2, 0.25) is 0 Å². The molecule has 2 N–H and O–H groups in total. The Hall–Kier alpha value is -2.53. The van der Waals surface area contributed by atoms with Gasteiger partial charge in [0, 0.05) is 23.6 Å². The third-order valence-corrected chi connectivity index (χ3v) is 6.80. The van der Waals surface area contributed by atoms with Crippen molar-refractivity contribution in [2.75, 3.05) is 13.7 Å². The highest BCUT2D eigenvalue weighted by Crippen LogP contribution is 2.41. The third kappa shape index (κ3) is 3.91. The van der Waals surface area contributed by atoms with Gasteiger partial charge in [-0.05, 0) is 37.0 Å². The number of ether oxygens (including phenoxy) is 1. The van der Waals surface area contributed by atoms with Crippen molar-refractivity contribution < 1.29 is 14.6 Å². The average molecular weight is 409 g/mol. The molecule has 5 nitrogen and oxygen atoms in total. The van der Waals surface area contributed by atoms with Crippen LogP contribution in [-0.4, -0.2) is 47.9 Å². The molecule has 2 amide bonds. The molecule has 2 aromatic carbocycles. The van der Waals surface area contributed by atoms with Gasteiger partial charge in [0.1, 0.15) is 5.75 Å². The second-order valence-corrected chi connectivity index (χ2v) is 8.53. The summed E-state index contributed by atoms with van der Waals surface area (Å²) in [4.78, 5) is 14.7. The predicted molar refractivity (Wildman–Crippen MR) is 119 cm³/mol. The summed E-state index contributed by atoms with van der Waals surface area (Å²) in [6.07, 6.45) is 5.76. The molecule has 3 atom stereocenters. The summed E-state index contributed by atoms with van der Waals surface area (Å²) < 4.78 is 5.48. The molecule has 1 saturated heterocycles. The summed E-state index contributed by atoms with van der Waals surface area (Å²) in [5.41, 5.74) is 3.30. The van der Waals surface area contributed by atoms with Crippen LogP contribution in [0.2, 0.25) is 0 Å². The molecular formula is C25H32N2O3. The average Bonchev–Trinajstić information content (AvgIpc) is 2.78. The van der Waals surface area contributed by atoms with Crippen molar-refractivity contribution in [1.82, 2.24) is 10.2 Å². The van der Waals surface area contributed by atoms with E-state index in [0.717, 1.165) is 35.3 Å². The Morgan fingerprint density at radius 1 is 1.10 bits per heavy atom. The van der Waals surface area contributed by atoms with Gasteiger partial charge in [-0.3, -0.25) is 0 Å². The summed E-state index contributed by atoms with van der Waals surface area (Å²) in [5, 5.41) is 13.2. The zero-order valence-corrected chi connectivity index (χ0v) is 17.9. The van der Waals surface area contributed by atoms with Crippen molar-refractivity contribution in [2.45, 2.75) is 63.1 Å². The zero-order chi connectivity index (χ0) is 21.1. The standard InChI is InChI=1S/C25H32N2O3/c1-17-24(22(16-28)27(17)25(29)26-20-8-4-3-5-9-20)19-14-12-18(13-15-19)21-10-6-7-11-23(21)30-2/h6-7,10-15,17,20,22,24,28H,3-5,8-9,16H2,1-2H3,(H,26,29)/t17-,22-,24+/m1/s1. The molecule has 2 fully saturated rings. The fourth-order valence-electron chi connectivity index (χ4n) is 5.17. The van der Waals surface area contributed by atoms with Gasteiger partial charge < -0.3 is 20.1 Å². The largest absolute Gasteiger partial charge is 0.496 e. The monoisotopic (exact) mass is 408 g/mol. The van der Waals surface area contributed by atoms with Crippen molar-refractivity contribution in [1.29, 1.82) is 0 Å². The number of rotatable bonds is 5. The van der Waals surface area contributed by atoms with Crippen LogP contribution in [0.4, 0.5) is 4.79 Å². The van der Waals surface area contributed by atoms with Crippen molar-refractivity contribution >= 4 is 6.03 Å². The number of nitrogens with zero attached hydrogens (tertiary/aromatic N) is 1. The van der Waals surface area contributed by atoms with Gasteiger partial charge in [-0.2, -0.15) is 0 Å². The lowest BCUT2D eigenvalue weighted by molar-refractivity contribution is -0.000630. The second kappa shape index (κ2) is 9.09. The molecule has 1 aliphatic carbocycles. The first kappa shape index (κ1) is 20.7. The lowest BCUT2D eigenvalue weighted by Crippen LogP contribution is -2.67.